The van der Waals surface area contributed by atoms with Crippen LogP contribution >= 0.6 is 23.2 Å². The van der Waals surface area contributed by atoms with Gasteiger partial charge >= 0.3 is 0 Å². The Hall–Kier alpha value is -4.05. The number of anilines is 1. The standard InChI is InChI=1S/C34H35Cl2N3O5S/c1-24(2)37-34(41)32(20-25-12-6-4-7-13-25)38(22-29-30(35)18-11-19-31(29)36)33(40)23-39(26-14-10-15-27(21-26)44-3)45(42,43)28-16-8-5-9-17-28/h4-19,21,24,32H,20,22-23H2,1-3H3,(H,37,41)/t32-/m0/s1. The quantitative estimate of drug-likeness (QED) is 0.179. The summed E-state index contributed by atoms with van der Waals surface area (Å²) in [5.41, 5.74) is 1.46. The van der Waals surface area contributed by atoms with E-state index in [-0.39, 0.29) is 29.6 Å². The molecule has 0 aliphatic heterocycles. The lowest BCUT2D eigenvalue weighted by Gasteiger charge is -2.34. The van der Waals surface area contributed by atoms with Crippen LogP contribution in [-0.4, -0.2) is 50.9 Å². The second-order valence-electron chi connectivity index (χ2n) is 10.6. The Bertz CT molecular complexity index is 1700. The van der Waals surface area contributed by atoms with Crippen molar-refractivity contribution in [2.24, 2.45) is 0 Å². The van der Waals surface area contributed by atoms with Crippen molar-refractivity contribution < 1.29 is 22.7 Å². The molecule has 0 radical (unpaired) electrons. The molecule has 0 spiro atoms. The predicted molar refractivity (Wildman–Crippen MR) is 178 cm³/mol. The highest BCUT2D eigenvalue weighted by Gasteiger charge is 2.35. The van der Waals surface area contributed by atoms with Crippen molar-refractivity contribution in [2.75, 3.05) is 18.0 Å². The van der Waals surface area contributed by atoms with Gasteiger partial charge in [-0.15, -0.1) is 0 Å². The van der Waals surface area contributed by atoms with Crippen LogP contribution in [-0.2, 0) is 32.6 Å². The van der Waals surface area contributed by atoms with Crippen LogP contribution in [0, 0.1) is 0 Å². The van der Waals surface area contributed by atoms with Crippen molar-refractivity contribution in [1.29, 1.82) is 0 Å². The molecule has 0 aliphatic carbocycles. The Morgan fingerprint density at radius 2 is 1.44 bits per heavy atom. The summed E-state index contributed by atoms with van der Waals surface area (Å²) >= 11 is 13.1. The predicted octanol–water partition coefficient (Wildman–Crippen LogP) is 6.36. The van der Waals surface area contributed by atoms with Crippen LogP contribution in [0.15, 0.2) is 108 Å². The Morgan fingerprint density at radius 1 is 0.844 bits per heavy atom. The van der Waals surface area contributed by atoms with E-state index < -0.39 is 34.4 Å². The van der Waals surface area contributed by atoms with E-state index in [0.29, 0.717) is 21.4 Å². The summed E-state index contributed by atoms with van der Waals surface area (Å²) in [6.45, 7) is 2.89. The van der Waals surface area contributed by atoms with Crippen LogP contribution in [0.5, 0.6) is 5.75 Å². The van der Waals surface area contributed by atoms with E-state index in [2.05, 4.69) is 5.32 Å². The second-order valence-corrected chi connectivity index (χ2v) is 13.3. The average Bonchev–Trinajstić information content (AvgIpc) is 3.03. The number of rotatable bonds is 13. The van der Waals surface area contributed by atoms with Crippen molar-refractivity contribution in [3.63, 3.8) is 0 Å². The van der Waals surface area contributed by atoms with E-state index in [1.807, 2.05) is 44.2 Å². The molecule has 0 bridgehead atoms. The highest BCUT2D eigenvalue weighted by molar-refractivity contribution is 7.92. The van der Waals surface area contributed by atoms with Crippen LogP contribution in [0.1, 0.15) is 25.0 Å². The number of amides is 2. The van der Waals surface area contributed by atoms with Gasteiger partial charge < -0.3 is 15.0 Å². The molecule has 1 N–H and O–H groups in total. The lowest BCUT2D eigenvalue weighted by atomic mass is 10.0. The molecule has 0 fully saturated rings. The fraction of sp³-hybridized carbons (Fsp3) is 0.235. The average molecular weight is 669 g/mol. The maximum Gasteiger partial charge on any atom is 0.264 e. The largest absolute Gasteiger partial charge is 0.497 e. The first-order chi connectivity index (χ1) is 21.5. The van der Waals surface area contributed by atoms with E-state index in [0.717, 1.165) is 9.87 Å². The van der Waals surface area contributed by atoms with E-state index in [1.165, 1.54) is 30.2 Å². The summed E-state index contributed by atoms with van der Waals surface area (Å²) in [5, 5.41) is 3.54. The summed E-state index contributed by atoms with van der Waals surface area (Å²) in [7, 11) is -2.77. The first kappa shape index (κ1) is 33.8. The van der Waals surface area contributed by atoms with Gasteiger partial charge in [-0.25, -0.2) is 8.42 Å². The number of halogens is 2. The first-order valence-electron chi connectivity index (χ1n) is 14.3. The van der Waals surface area contributed by atoms with Crippen LogP contribution in [0.25, 0.3) is 0 Å². The zero-order valence-corrected chi connectivity index (χ0v) is 27.5. The van der Waals surface area contributed by atoms with Crippen LogP contribution in [0.2, 0.25) is 10.0 Å². The number of nitrogens with zero attached hydrogens (tertiary/aromatic N) is 2. The number of ether oxygens (including phenoxy) is 1. The van der Waals surface area contributed by atoms with Gasteiger partial charge in [-0.1, -0.05) is 83.9 Å². The number of nitrogens with one attached hydrogen (secondary N) is 1. The number of carbonyl (C=O) groups is 2. The maximum atomic E-state index is 14.5. The summed E-state index contributed by atoms with van der Waals surface area (Å²) < 4.78 is 34.6. The Labute approximate surface area is 274 Å². The molecule has 4 aromatic rings. The van der Waals surface area contributed by atoms with Crippen molar-refractivity contribution in [3.8, 4) is 5.75 Å². The fourth-order valence-corrected chi connectivity index (χ4v) is 6.75. The van der Waals surface area contributed by atoms with Gasteiger partial charge in [0.25, 0.3) is 10.0 Å². The molecule has 236 valence electrons. The molecule has 1 atom stereocenters. The lowest BCUT2D eigenvalue weighted by molar-refractivity contribution is -0.140. The summed E-state index contributed by atoms with van der Waals surface area (Å²) in [6, 6.07) is 27.3. The monoisotopic (exact) mass is 667 g/mol. The molecular weight excluding hydrogens is 633 g/mol. The van der Waals surface area contributed by atoms with Gasteiger partial charge in [0.2, 0.25) is 11.8 Å². The Balaban J connectivity index is 1.85. The molecule has 0 aromatic heterocycles. The van der Waals surface area contributed by atoms with Crippen LogP contribution < -0.4 is 14.4 Å². The molecule has 2 amide bonds. The molecule has 11 heteroatoms. The van der Waals surface area contributed by atoms with Crippen molar-refractivity contribution in [1.82, 2.24) is 10.2 Å². The molecule has 0 heterocycles. The van der Waals surface area contributed by atoms with Crippen LogP contribution in [0.4, 0.5) is 5.69 Å². The lowest BCUT2D eigenvalue weighted by Crippen LogP contribution is -2.54. The Morgan fingerprint density at radius 3 is 2.04 bits per heavy atom. The third kappa shape index (κ3) is 8.57. The van der Waals surface area contributed by atoms with Crippen molar-refractivity contribution >= 4 is 50.7 Å². The molecule has 0 saturated heterocycles. The summed E-state index contributed by atoms with van der Waals surface area (Å²) in [5.74, 6) is -0.622. The molecule has 0 unspecified atom stereocenters. The molecule has 4 rings (SSSR count). The van der Waals surface area contributed by atoms with Gasteiger partial charge in [-0.05, 0) is 55.8 Å². The normalized spacial score (nSPS) is 12.0. The third-order valence-corrected chi connectivity index (χ3v) is 9.54. The molecule has 45 heavy (non-hydrogen) atoms. The van der Waals surface area contributed by atoms with Gasteiger partial charge in [-0.3, -0.25) is 13.9 Å². The van der Waals surface area contributed by atoms with Gasteiger partial charge in [-0.2, -0.15) is 0 Å². The van der Waals surface area contributed by atoms with Crippen LogP contribution in [0.3, 0.4) is 0 Å². The van der Waals surface area contributed by atoms with Gasteiger partial charge in [0, 0.05) is 40.7 Å². The van der Waals surface area contributed by atoms with Gasteiger partial charge in [0.15, 0.2) is 0 Å². The second kappa shape index (κ2) is 15.3. The van der Waals surface area contributed by atoms with Crippen molar-refractivity contribution in [2.45, 2.75) is 43.8 Å². The molecule has 4 aromatic carbocycles. The third-order valence-electron chi connectivity index (χ3n) is 7.04. The topological polar surface area (TPSA) is 96.0 Å². The number of benzene rings is 4. The molecule has 8 nitrogen and oxygen atoms in total. The number of methoxy groups -OCH3 is 1. The van der Waals surface area contributed by atoms with E-state index >= 15 is 0 Å². The van der Waals surface area contributed by atoms with E-state index in [4.69, 9.17) is 27.9 Å². The van der Waals surface area contributed by atoms with Gasteiger partial charge in [0.05, 0.1) is 17.7 Å². The minimum atomic E-state index is -4.24. The first-order valence-corrected chi connectivity index (χ1v) is 16.5. The molecular formula is C34H35Cl2N3O5S. The highest BCUT2D eigenvalue weighted by atomic mass is 35.5. The minimum absolute atomic E-state index is 0.000274. The van der Waals surface area contributed by atoms with Crippen molar-refractivity contribution in [3.05, 3.63) is 124 Å². The number of hydrogen-bond acceptors (Lipinski definition) is 5. The number of carbonyl (C=O) groups excluding carboxylic acids is 2. The maximum absolute atomic E-state index is 14.5. The van der Waals surface area contributed by atoms with Gasteiger partial charge in [0.1, 0.15) is 18.3 Å². The SMILES string of the molecule is COc1cccc(N(CC(=O)N(Cc2c(Cl)cccc2Cl)[C@@H](Cc2ccccc2)C(=O)NC(C)C)S(=O)(=O)c2ccccc2)c1. The molecule has 0 saturated carbocycles. The summed E-state index contributed by atoms with van der Waals surface area (Å²) in [4.78, 5) is 29.7. The molecule has 0 aliphatic rings. The Kier molecular flexibility index (Phi) is 11.5. The van der Waals surface area contributed by atoms with E-state index in [1.54, 1.807) is 54.6 Å². The summed E-state index contributed by atoms with van der Waals surface area (Å²) in [6.07, 6.45) is 0.164. The minimum Gasteiger partial charge on any atom is -0.497 e. The zero-order valence-electron chi connectivity index (χ0n) is 25.2. The highest BCUT2D eigenvalue weighted by Crippen LogP contribution is 2.30. The zero-order chi connectivity index (χ0) is 32.6. The van der Waals surface area contributed by atoms with E-state index in [9.17, 15) is 18.0 Å². The smallest absolute Gasteiger partial charge is 0.264 e. The number of sulfonamides is 1. The fourth-order valence-electron chi connectivity index (χ4n) is 4.80. The number of hydrogen-bond donors (Lipinski definition) is 1.